The molecule has 35 heavy (non-hydrogen) atoms. The summed E-state index contributed by atoms with van der Waals surface area (Å²) in [5.41, 5.74) is 4.33. The number of H-pyrrole nitrogens is 1. The minimum atomic E-state index is -3.31. The van der Waals surface area contributed by atoms with Crippen LogP contribution >= 0.6 is 0 Å². The van der Waals surface area contributed by atoms with Gasteiger partial charge in [0.1, 0.15) is 5.54 Å². The molecule has 0 spiro atoms. The van der Waals surface area contributed by atoms with Gasteiger partial charge in [0.25, 0.3) is 0 Å². The third kappa shape index (κ3) is 4.02. The Kier molecular flexibility index (Phi) is 5.53. The van der Waals surface area contributed by atoms with Crippen LogP contribution in [0.1, 0.15) is 24.6 Å². The van der Waals surface area contributed by atoms with Crippen LogP contribution in [0, 0.1) is 25.2 Å². The van der Waals surface area contributed by atoms with Gasteiger partial charge in [0.15, 0.2) is 0 Å². The summed E-state index contributed by atoms with van der Waals surface area (Å²) >= 11 is 0. The molecule has 3 aromatic heterocycles. The second-order valence-electron chi connectivity index (χ2n) is 8.80. The zero-order chi connectivity index (χ0) is 24.8. The third-order valence-electron chi connectivity index (χ3n) is 6.54. The van der Waals surface area contributed by atoms with E-state index < -0.39 is 15.6 Å². The van der Waals surface area contributed by atoms with Crippen LogP contribution in [-0.4, -0.2) is 61.5 Å². The highest BCUT2D eigenvalue weighted by Gasteiger charge is 2.49. The van der Waals surface area contributed by atoms with Crippen LogP contribution in [-0.2, 0) is 15.6 Å². The first-order chi connectivity index (χ1) is 16.7. The van der Waals surface area contributed by atoms with Crippen LogP contribution in [0.15, 0.2) is 36.8 Å². The Morgan fingerprint density at radius 2 is 2.03 bits per heavy atom. The van der Waals surface area contributed by atoms with Crippen molar-refractivity contribution in [3.05, 3.63) is 48.0 Å². The smallest absolute Gasteiger partial charge is 0.228 e. The molecule has 0 atom stereocenters. The van der Waals surface area contributed by atoms with Crippen molar-refractivity contribution < 1.29 is 8.42 Å². The average Bonchev–Trinajstić information content (AvgIpc) is 3.48. The second kappa shape index (κ2) is 8.44. The summed E-state index contributed by atoms with van der Waals surface area (Å²) in [7, 11) is -3.31. The van der Waals surface area contributed by atoms with Crippen LogP contribution in [0.5, 0.6) is 0 Å². The van der Waals surface area contributed by atoms with Gasteiger partial charge in [0.2, 0.25) is 16.0 Å². The molecule has 1 aliphatic rings. The van der Waals surface area contributed by atoms with Gasteiger partial charge in [0, 0.05) is 41.6 Å². The number of nitriles is 1. The van der Waals surface area contributed by atoms with Gasteiger partial charge in [-0.05, 0) is 44.5 Å². The predicted molar refractivity (Wildman–Crippen MR) is 131 cm³/mol. The maximum atomic E-state index is 12.2. The maximum Gasteiger partial charge on any atom is 0.228 e. The summed E-state index contributed by atoms with van der Waals surface area (Å²) < 4.78 is 27.6. The fourth-order valence-electron chi connectivity index (χ4n) is 4.29. The van der Waals surface area contributed by atoms with Gasteiger partial charge in [-0.1, -0.05) is 0 Å². The summed E-state index contributed by atoms with van der Waals surface area (Å²) in [6.07, 6.45) is 5.45. The number of nitrogens with one attached hydrogen (secondary N) is 2. The summed E-state index contributed by atoms with van der Waals surface area (Å²) in [6.45, 7) is 5.94. The molecule has 1 aliphatic heterocycles. The van der Waals surface area contributed by atoms with Gasteiger partial charge in [-0.2, -0.15) is 19.8 Å². The molecule has 0 amide bonds. The van der Waals surface area contributed by atoms with E-state index in [1.165, 1.54) is 4.31 Å². The van der Waals surface area contributed by atoms with E-state index in [1.807, 2.05) is 38.2 Å². The Morgan fingerprint density at radius 3 is 2.77 bits per heavy atom. The van der Waals surface area contributed by atoms with Gasteiger partial charge in [-0.15, -0.1) is 0 Å². The first-order valence-corrected chi connectivity index (χ1v) is 12.8. The van der Waals surface area contributed by atoms with E-state index in [9.17, 15) is 13.7 Å². The SMILES string of the molecule is CCS(=O)(=O)N1CC(CC#N)(n2cc(-c3nc(Nc4ccc5[nH]ncc5c4)nc(C)c3C)cn2)C1. The Hall–Kier alpha value is -3.82. The number of sulfonamides is 1. The lowest BCUT2D eigenvalue weighted by atomic mass is 9.89. The van der Waals surface area contributed by atoms with Crippen molar-refractivity contribution in [3.63, 3.8) is 0 Å². The number of hydrogen-bond acceptors (Lipinski definition) is 8. The van der Waals surface area contributed by atoms with E-state index in [0.29, 0.717) is 5.95 Å². The number of aryl methyl sites for hydroxylation is 1. The van der Waals surface area contributed by atoms with Crippen LogP contribution < -0.4 is 5.32 Å². The highest BCUT2D eigenvalue weighted by molar-refractivity contribution is 7.89. The molecule has 1 aromatic carbocycles. The summed E-state index contributed by atoms with van der Waals surface area (Å²) in [4.78, 5) is 9.34. The highest BCUT2D eigenvalue weighted by atomic mass is 32.2. The minimum Gasteiger partial charge on any atom is -0.324 e. The summed E-state index contributed by atoms with van der Waals surface area (Å²) in [5, 5.41) is 25.1. The Bertz CT molecular complexity index is 1560. The number of nitrogens with zero attached hydrogens (tertiary/aromatic N) is 7. The molecule has 0 saturated carbocycles. The number of rotatable bonds is 7. The van der Waals surface area contributed by atoms with Crippen molar-refractivity contribution in [1.29, 1.82) is 5.26 Å². The molecule has 0 radical (unpaired) electrons. The fraction of sp³-hybridized carbons (Fsp3) is 0.348. The topological polar surface area (TPSA) is 145 Å². The van der Waals surface area contributed by atoms with Crippen LogP contribution in [0.2, 0.25) is 0 Å². The highest BCUT2D eigenvalue weighted by Crippen LogP contribution is 2.36. The van der Waals surface area contributed by atoms with Gasteiger partial charge in [-0.3, -0.25) is 9.78 Å². The zero-order valence-corrected chi connectivity index (χ0v) is 20.5. The number of benzene rings is 1. The molecule has 5 rings (SSSR count). The fourth-order valence-corrected chi connectivity index (χ4v) is 5.53. The molecule has 11 nitrogen and oxygen atoms in total. The van der Waals surface area contributed by atoms with Gasteiger partial charge in [0.05, 0.1) is 41.8 Å². The minimum absolute atomic E-state index is 0.0305. The predicted octanol–water partition coefficient (Wildman–Crippen LogP) is 2.85. The number of anilines is 2. The lowest BCUT2D eigenvalue weighted by molar-refractivity contribution is 0.0719. The number of aromatic amines is 1. The van der Waals surface area contributed by atoms with E-state index in [-0.39, 0.29) is 25.3 Å². The molecule has 12 heteroatoms. The van der Waals surface area contributed by atoms with E-state index in [1.54, 1.807) is 24.0 Å². The molecule has 1 fully saturated rings. The Balaban J connectivity index is 1.45. The van der Waals surface area contributed by atoms with Crippen molar-refractivity contribution in [2.75, 3.05) is 24.2 Å². The molecule has 2 N–H and O–H groups in total. The summed E-state index contributed by atoms with van der Waals surface area (Å²) in [5.74, 6) is 0.484. The van der Waals surface area contributed by atoms with E-state index in [2.05, 4.69) is 31.7 Å². The first kappa shape index (κ1) is 22.9. The molecular weight excluding hydrogens is 466 g/mol. The van der Waals surface area contributed by atoms with Crippen LogP contribution in [0.3, 0.4) is 0 Å². The molecule has 4 heterocycles. The molecular formula is C23H25N9O2S. The third-order valence-corrected chi connectivity index (χ3v) is 8.31. The number of aromatic nitrogens is 6. The van der Waals surface area contributed by atoms with E-state index in [4.69, 9.17) is 4.98 Å². The maximum absolute atomic E-state index is 12.2. The lowest BCUT2D eigenvalue weighted by Crippen LogP contribution is -2.64. The van der Waals surface area contributed by atoms with E-state index in [0.717, 1.165) is 39.1 Å². The standard InChI is InChI=1S/C23H25N9O2S/c1-4-35(33,34)31-13-23(14-31,7-8-24)32-12-18(11-26-32)21-15(2)16(3)27-22(29-21)28-19-5-6-20-17(9-19)10-25-30-20/h5-6,9-12H,4,7,13-14H2,1-3H3,(H,25,30)(H,27,28,29). The Morgan fingerprint density at radius 1 is 1.23 bits per heavy atom. The van der Waals surface area contributed by atoms with Crippen molar-refractivity contribution in [1.82, 2.24) is 34.3 Å². The monoisotopic (exact) mass is 491 g/mol. The second-order valence-corrected chi connectivity index (χ2v) is 11.1. The van der Waals surface area contributed by atoms with Crippen LogP contribution in [0.25, 0.3) is 22.2 Å². The van der Waals surface area contributed by atoms with Crippen LogP contribution in [0.4, 0.5) is 11.6 Å². The van der Waals surface area contributed by atoms with Crippen molar-refractivity contribution in [2.45, 2.75) is 32.7 Å². The van der Waals surface area contributed by atoms with Crippen molar-refractivity contribution >= 4 is 32.6 Å². The largest absolute Gasteiger partial charge is 0.324 e. The zero-order valence-electron chi connectivity index (χ0n) is 19.6. The van der Waals surface area contributed by atoms with Crippen molar-refractivity contribution in [3.8, 4) is 17.3 Å². The quantitative estimate of drug-likeness (QED) is 0.401. The summed E-state index contributed by atoms with van der Waals surface area (Å²) in [6, 6.07) is 8.02. The molecule has 0 unspecified atom stereocenters. The van der Waals surface area contributed by atoms with Crippen molar-refractivity contribution in [2.24, 2.45) is 0 Å². The molecule has 4 aromatic rings. The molecule has 180 valence electrons. The van der Waals surface area contributed by atoms with Gasteiger partial charge in [-0.25, -0.2) is 18.4 Å². The lowest BCUT2D eigenvalue weighted by Gasteiger charge is -2.47. The molecule has 1 saturated heterocycles. The molecule has 0 bridgehead atoms. The normalized spacial score (nSPS) is 15.6. The van der Waals surface area contributed by atoms with E-state index >= 15 is 0 Å². The molecule has 0 aliphatic carbocycles. The van der Waals surface area contributed by atoms with Gasteiger partial charge >= 0.3 is 0 Å². The van der Waals surface area contributed by atoms with Gasteiger partial charge < -0.3 is 5.32 Å². The number of hydrogen-bond donors (Lipinski definition) is 2. The number of fused-ring (bicyclic) bond motifs is 1. The average molecular weight is 492 g/mol. The Labute approximate surface area is 202 Å². The first-order valence-electron chi connectivity index (χ1n) is 11.2.